The molecule has 2 N–H and O–H groups in total. The van der Waals surface area contributed by atoms with Gasteiger partial charge in [0.1, 0.15) is 11.6 Å². The molecule has 0 aliphatic carbocycles. The smallest absolute Gasteiger partial charge is 0.411 e. The molecular weight excluding hydrogens is 236 g/mol. The van der Waals surface area contributed by atoms with Crippen LogP contribution in [0, 0.1) is 5.92 Å². The molecule has 2 atom stereocenters. The molecule has 1 saturated heterocycles. The minimum atomic E-state index is -0.585. The lowest BCUT2D eigenvalue weighted by Crippen LogP contribution is -2.43. The van der Waals surface area contributed by atoms with Gasteiger partial charge in [0.15, 0.2) is 0 Å². The molecule has 0 saturated carbocycles. The lowest BCUT2D eigenvalue weighted by Gasteiger charge is -2.27. The van der Waals surface area contributed by atoms with Crippen LogP contribution in [0.25, 0.3) is 0 Å². The Morgan fingerprint density at radius 3 is 2.44 bits per heavy atom. The average molecular weight is 258 g/mol. The SMILES string of the molecule is COC(=O)[C@H]1C[C@H](CN)CN1C(=O)OC(C)(C)C. The highest BCUT2D eigenvalue weighted by Gasteiger charge is 2.41. The lowest BCUT2D eigenvalue weighted by atomic mass is 10.1. The topological polar surface area (TPSA) is 81.9 Å². The zero-order valence-corrected chi connectivity index (χ0v) is 11.4. The van der Waals surface area contributed by atoms with E-state index in [1.165, 1.54) is 12.0 Å². The quantitative estimate of drug-likeness (QED) is 0.739. The van der Waals surface area contributed by atoms with E-state index >= 15 is 0 Å². The number of methoxy groups -OCH3 is 1. The van der Waals surface area contributed by atoms with Crippen molar-refractivity contribution in [3.05, 3.63) is 0 Å². The summed E-state index contributed by atoms with van der Waals surface area (Å²) in [5.74, 6) is -0.307. The van der Waals surface area contributed by atoms with Crippen LogP contribution in [0.2, 0.25) is 0 Å². The Balaban J connectivity index is 2.77. The van der Waals surface area contributed by atoms with Crippen LogP contribution in [0.5, 0.6) is 0 Å². The molecule has 6 nitrogen and oxygen atoms in total. The van der Waals surface area contributed by atoms with E-state index in [1.807, 2.05) is 0 Å². The summed E-state index contributed by atoms with van der Waals surface area (Å²) in [4.78, 5) is 25.1. The van der Waals surface area contributed by atoms with Gasteiger partial charge < -0.3 is 15.2 Å². The van der Waals surface area contributed by atoms with Crippen LogP contribution in [-0.2, 0) is 14.3 Å². The number of ether oxygens (including phenoxy) is 2. The zero-order valence-electron chi connectivity index (χ0n) is 11.4. The van der Waals surface area contributed by atoms with Crippen molar-refractivity contribution < 1.29 is 19.1 Å². The Labute approximate surface area is 107 Å². The van der Waals surface area contributed by atoms with E-state index in [0.29, 0.717) is 19.5 Å². The third-order valence-corrected chi connectivity index (χ3v) is 2.82. The van der Waals surface area contributed by atoms with E-state index in [-0.39, 0.29) is 5.92 Å². The number of carbonyl (C=O) groups excluding carboxylic acids is 2. The first-order valence-electron chi connectivity index (χ1n) is 6.06. The van der Waals surface area contributed by atoms with Crippen LogP contribution in [0.15, 0.2) is 0 Å². The number of nitrogens with two attached hydrogens (primary N) is 1. The molecule has 0 spiro atoms. The molecule has 0 aromatic heterocycles. The molecule has 1 amide bonds. The Morgan fingerprint density at radius 2 is 2.00 bits per heavy atom. The molecule has 6 heteroatoms. The standard InChI is InChI=1S/C12H22N2O4/c1-12(2,3)18-11(16)14-7-8(6-13)5-9(14)10(15)17-4/h8-9H,5-7,13H2,1-4H3/t8-,9-/m1/s1. The van der Waals surface area contributed by atoms with Gasteiger partial charge in [0.2, 0.25) is 0 Å². The van der Waals surface area contributed by atoms with Gasteiger partial charge in [0.05, 0.1) is 7.11 Å². The number of rotatable bonds is 2. The fourth-order valence-corrected chi connectivity index (χ4v) is 1.98. The van der Waals surface area contributed by atoms with Gasteiger partial charge in [-0.1, -0.05) is 0 Å². The molecule has 0 bridgehead atoms. The van der Waals surface area contributed by atoms with Gasteiger partial charge in [0, 0.05) is 6.54 Å². The predicted octanol–water partition coefficient (Wildman–Crippen LogP) is 0.744. The highest BCUT2D eigenvalue weighted by atomic mass is 16.6. The predicted molar refractivity (Wildman–Crippen MR) is 65.9 cm³/mol. The Bertz CT molecular complexity index is 325. The van der Waals surface area contributed by atoms with E-state index < -0.39 is 23.7 Å². The van der Waals surface area contributed by atoms with E-state index in [0.717, 1.165) is 0 Å². The summed E-state index contributed by atoms with van der Waals surface area (Å²) in [5.41, 5.74) is 5.01. The minimum absolute atomic E-state index is 0.113. The molecule has 1 rings (SSSR count). The maximum atomic E-state index is 12.0. The Morgan fingerprint density at radius 1 is 1.39 bits per heavy atom. The minimum Gasteiger partial charge on any atom is -0.467 e. The number of hydrogen-bond donors (Lipinski definition) is 1. The summed E-state index contributed by atoms with van der Waals surface area (Å²) in [7, 11) is 1.31. The molecule has 1 aliphatic heterocycles. The summed E-state index contributed by atoms with van der Waals surface area (Å²) in [6.07, 6.45) is 0.0384. The van der Waals surface area contributed by atoms with Crippen molar-refractivity contribution in [2.45, 2.75) is 38.8 Å². The molecule has 18 heavy (non-hydrogen) atoms. The van der Waals surface area contributed by atoms with Gasteiger partial charge >= 0.3 is 12.1 Å². The van der Waals surface area contributed by atoms with Gasteiger partial charge in [-0.05, 0) is 39.7 Å². The molecule has 0 aromatic rings. The van der Waals surface area contributed by atoms with Crippen molar-refractivity contribution >= 4 is 12.1 Å². The molecule has 0 aromatic carbocycles. The largest absolute Gasteiger partial charge is 0.467 e. The molecule has 1 aliphatic rings. The van der Waals surface area contributed by atoms with Crippen molar-refractivity contribution in [1.82, 2.24) is 4.90 Å². The fourth-order valence-electron chi connectivity index (χ4n) is 1.98. The van der Waals surface area contributed by atoms with E-state index in [1.54, 1.807) is 20.8 Å². The lowest BCUT2D eigenvalue weighted by molar-refractivity contribution is -0.145. The van der Waals surface area contributed by atoms with Crippen molar-refractivity contribution in [2.75, 3.05) is 20.2 Å². The van der Waals surface area contributed by atoms with Crippen LogP contribution >= 0.6 is 0 Å². The molecular formula is C12H22N2O4. The van der Waals surface area contributed by atoms with Gasteiger partial charge in [-0.15, -0.1) is 0 Å². The third kappa shape index (κ3) is 3.60. The summed E-state index contributed by atoms with van der Waals surface area (Å²) in [5, 5.41) is 0. The van der Waals surface area contributed by atoms with Crippen LogP contribution in [0.3, 0.4) is 0 Å². The Kier molecular flexibility index (Phi) is 4.56. The maximum Gasteiger partial charge on any atom is 0.411 e. The second kappa shape index (κ2) is 5.56. The first-order chi connectivity index (χ1) is 8.28. The molecule has 1 fully saturated rings. The molecule has 1 heterocycles. The molecule has 104 valence electrons. The van der Waals surface area contributed by atoms with Gasteiger partial charge in [-0.25, -0.2) is 9.59 Å². The summed E-state index contributed by atoms with van der Waals surface area (Å²) < 4.78 is 9.99. The average Bonchev–Trinajstić information content (AvgIpc) is 2.69. The normalized spacial score (nSPS) is 23.9. The monoisotopic (exact) mass is 258 g/mol. The van der Waals surface area contributed by atoms with Crippen molar-refractivity contribution in [1.29, 1.82) is 0 Å². The summed E-state index contributed by atoms with van der Waals surface area (Å²) in [6.45, 7) is 6.23. The van der Waals surface area contributed by atoms with Crippen molar-refractivity contribution in [3.63, 3.8) is 0 Å². The van der Waals surface area contributed by atoms with Crippen LogP contribution in [-0.4, -0.2) is 48.8 Å². The van der Waals surface area contributed by atoms with E-state index in [9.17, 15) is 9.59 Å². The number of hydrogen-bond acceptors (Lipinski definition) is 5. The molecule has 0 unspecified atom stereocenters. The summed E-state index contributed by atoms with van der Waals surface area (Å²) >= 11 is 0. The van der Waals surface area contributed by atoms with Crippen molar-refractivity contribution in [2.24, 2.45) is 11.7 Å². The van der Waals surface area contributed by atoms with Gasteiger partial charge in [0.25, 0.3) is 0 Å². The van der Waals surface area contributed by atoms with Gasteiger partial charge in [-0.3, -0.25) is 4.90 Å². The number of nitrogens with zero attached hydrogens (tertiary/aromatic N) is 1. The molecule has 0 radical (unpaired) electrons. The second-order valence-corrected chi connectivity index (χ2v) is 5.51. The third-order valence-electron chi connectivity index (χ3n) is 2.82. The van der Waals surface area contributed by atoms with Crippen LogP contribution in [0.4, 0.5) is 4.79 Å². The summed E-state index contributed by atoms with van der Waals surface area (Å²) in [6, 6.07) is -0.585. The van der Waals surface area contributed by atoms with Crippen LogP contribution in [0.1, 0.15) is 27.2 Å². The van der Waals surface area contributed by atoms with Gasteiger partial charge in [-0.2, -0.15) is 0 Å². The highest BCUT2D eigenvalue weighted by Crippen LogP contribution is 2.25. The first-order valence-corrected chi connectivity index (χ1v) is 6.06. The number of esters is 1. The number of amides is 1. The number of likely N-dealkylation sites (tertiary alicyclic amines) is 1. The maximum absolute atomic E-state index is 12.0. The van der Waals surface area contributed by atoms with E-state index in [4.69, 9.17) is 15.2 Å². The first kappa shape index (κ1) is 14.8. The fraction of sp³-hybridized carbons (Fsp3) is 0.833. The second-order valence-electron chi connectivity index (χ2n) is 5.51. The van der Waals surface area contributed by atoms with E-state index in [2.05, 4.69) is 0 Å². The zero-order chi connectivity index (χ0) is 13.9. The number of carbonyl (C=O) groups is 2. The van der Waals surface area contributed by atoms with Crippen LogP contribution < -0.4 is 5.73 Å². The van der Waals surface area contributed by atoms with Crippen molar-refractivity contribution in [3.8, 4) is 0 Å². The Hall–Kier alpha value is -1.30. The highest BCUT2D eigenvalue weighted by molar-refractivity contribution is 5.82.